The van der Waals surface area contributed by atoms with E-state index in [0.717, 1.165) is 0 Å². The van der Waals surface area contributed by atoms with Crippen LogP contribution in [0.4, 0.5) is 4.39 Å². The molecule has 0 unspecified atom stereocenters. The average molecular weight is 384 g/mol. The van der Waals surface area contributed by atoms with Crippen molar-refractivity contribution in [3.05, 3.63) is 24.0 Å². The van der Waals surface area contributed by atoms with E-state index in [1.54, 1.807) is 6.07 Å². The second-order valence-corrected chi connectivity index (χ2v) is 10.1. The molecule has 2 aliphatic heterocycles. The van der Waals surface area contributed by atoms with E-state index in [0.29, 0.717) is 31.5 Å². The highest BCUT2D eigenvalue weighted by Gasteiger charge is 2.51. The summed E-state index contributed by atoms with van der Waals surface area (Å²) in [5.41, 5.74) is -0.602. The van der Waals surface area contributed by atoms with E-state index in [9.17, 15) is 12.8 Å². The van der Waals surface area contributed by atoms with Gasteiger partial charge in [-0.25, -0.2) is 12.8 Å². The molecule has 8 heteroatoms. The molecular weight excluding hydrogens is 358 g/mol. The molecule has 0 amide bonds. The Balaban J connectivity index is 1.79. The molecule has 26 heavy (non-hydrogen) atoms. The van der Waals surface area contributed by atoms with Gasteiger partial charge in [0.2, 0.25) is 0 Å². The van der Waals surface area contributed by atoms with Crippen LogP contribution in [0.15, 0.2) is 23.1 Å². The summed E-state index contributed by atoms with van der Waals surface area (Å²) in [6, 6.07) is 4.10. The second-order valence-electron chi connectivity index (χ2n) is 8.12. The van der Waals surface area contributed by atoms with Gasteiger partial charge in [-0.3, -0.25) is 0 Å². The zero-order chi connectivity index (χ0) is 19.2. The van der Waals surface area contributed by atoms with Crippen molar-refractivity contribution < 1.29 is 26.9 Å². The fourth-order valence-corrected chi connectivity index (χ4v) is 4.97. The van der Waals surface area contributed by atoms with E-state index in [1.165, 1.54) is 12.1 Å². The lowest BCUT2D eigenvalue weighted by Crippen LogP contribution is -2.41. The zero-order valence-electron chi connectivity index (χ0n) is 15.7. The molecule has 3 rings (SSSR count). The largest absolute Gasteiger partial charge is 0.494 e. The molecule has 0 aliphatic carbocycles. The van der Waals surface area contributed by atoms with Gasteiger partial charge in [0.1, 0.15) is 10.7 Å². The molecule has 144 valence electrons. The number of benzene rings is 1. The van der Waals surface area contributed by atoms with Crippen molar-refractivity contribution in [2.45, 2.75) is 56.6 Å². The Morgan fingerprint density at radius 2 is 1.69 bits per heavy atom. The van der Waals surface area contributed by atoms with Gasteiger partial charge in [0.25, 0.3) is 0 Å². The van der Waals surface area contributed by atoms with Crippen molar-refractivity contribution in [1.29, 1.82) is 0 Å². The van der Waals surface area contributed by atoms with Crippen LogP contribution in [-0.2, 0) is 23.9 Å². The molecule has 2 saturated heterocycles. The molecule has 1 aromatic carbocycles. The first-order valence-electron chi connectivity index (χ1n) is 8.97. The normalized spacial score (nSPS) is 23.3. The lowest BCUT2D eigenvalue weighted by atomic mass is 9.79. The van der Waals surface area contributed by atoms with E-state index in [1.807, 2.05) is 27.7 Å². The Morgan fingerprint density at radius 1 is 1.12 bits per heavy atom. The van der Waals surface area contributed by atoms with Crippen molar-refractivity contribution in [3.63, 3.8) is 0 Å². The summed E-state index contributed by atoms with van der Waals surface area (Å²) < 4.78 is 56.9. The minimum absolute atomic E-state index is 0.0101. The second kappa shape index (κ2) is 6.89. The molecule has 0 radical (unpaired) electrons. The van der Waals surface area contributed by atoms with Crippen LogP contribution in [0.1, 0.15) is 40.5 Å². The van der Waals surface area contributed by atoms with Gasteiger partial charge in [-0.2, -0.15) is 0 Å². The van der Waals surface area contributed by atoms with Crippen LogP contribution >= 0.6 is 0 Å². The molecule has 2 aliphatic rings. The van der Waals surface area contributed by atoms with Crippen LogP contribution < -0.4 is 5.46 Å². The SMILES string of the molecule is CC1(C)OB(c2ccc(S(=O)(=O)CC3CCOCC3)c(F)c2)OC1(C)C. The summed E-state index contributed by atoms with van der Waals surface area (Å²) >= 11 is 0. The maximum Gasteiger partial charge on any atom is 0.494 e. The van der Waals surface area contributed by atoms with E-state index in [-0.39, 0.29) is 16.6 Å². The van der Waals surface area contributed by atoms with Gasteiger partial charge in [0, 0.05) is 13.2 Å². The predicted molar refractivity (Wildman–Crippen MR) is 97.7 cm³/mol. The third-order valence-corrected chi connectivity index (χ3v) is 7.52. The first kappa shape index (κ1) is 19.8. The third kappa shape index (κ3) is 3.83. The number of halogens is 1. The van der Waals surface area contributed by atoms with Crippen molar-refractivity contribution in [3.8, 4) is 0 Å². The Labute approximate surface area is 155 Å². The molecule has 0 saturated carbocycles. The van der Waals surface area contributed by atoms with E-state index in [4.69, 9.17) is 14.0 Å². The predicted octanol–water partition coefficient (Wildman–Crippen LogP) is 2.33. The van der Waals surface area contributed by atoms with Crippen molar-refractivity contribution >= 4 is 22.4 Å². The van der Waals surface area contributed by atoms with Crippen molar-refractivity contribution in [2.24, 2.45) is 5.92 Å². The van der Waals surface area contributed by atoms with Gasteiger partial charge < -0.3 is 14.0 Å². The quantitative estimate of drug-likeness (QED) is 0.746. The monoisotopic (exact) mass is 384 g/mol. The molecule has 0 atom stereocenters. The smallest absolute Gasteiger partial charge is 0.399 e. The number of ether oxygens (including phenoxy) is 1. The number of sulfone groups is 1. The topological polar surface area (TPSA) is 61.8 Å². The Hall–Kier alpha value is -0.955. The standard InChI is InChI=1S/C18H26BFO5S/c1-17(2)18(3,4)25-19(24-17)14-5-6-16(15(20)11-14)26(21,22)12-13-7-9-23-10-8-13/h5-6,11,13H,7-10,12H2,1-4H3. The van der Waals surface area contributed by atoms with Gasteiger partial charge in [0.15, 0.2) is 9.84 Å². The molecular formula is C18H26BFO5S. The summed E-state index contributed by atoms with van der Waals surface area (Å²) in [4.78, 5) is -0.260. The maximum atomic E-state index is 14.6. The van der Waals surface area contributed by atoms with Crippen LogP contribution in [0.5, 0.6) is 0 Å². The van der Waals surface area contributed by atoms with Crippen LogP contribution in [-0.4, -0.2) is 45.7 Å². The molecule has 1 aromatic rings. The minimum Gasteiger partial charge on any atom is -0.399 e. The Kier molecular flexibility index (Phi) is 5.25. The van der Waals surface area contributed by atoms with Crippen LogP contribution in [0, 0.1) is 11.7 Å². The Bertz CT molecular complexity index is 756. The molecule has 2 fully saturated rings. The number of hydrogen-bond donors (Lipinski definition) is 0. The number of hydrogen-bond acceptors (Lipinski definition) is 5. The fourth-order valence-electron chi connectivity index (χ4n) is 3.21. The van der Waals surface area contributed by atoms with E-state index in [2.05, 4.69) is 0 Å². The number of rotatable bonds is 4. The highest BCUT2D eigenvalue weighted by atomic mass is 32.2. The van der Waals surface area contributed by atoms with Gasteiger partial charge in [0.05, 0.1) is 17.0 Å². The summed E-state index contributed by atoms with van der Waals surface area (Å²) in [5.74, 6) is -0.802. The molecule has 0 spiro atoms. The van der Waals surface area contributed by atoms with Gasteiger partial charge in [-0.15, -0.1) is 0 Å². The highest BCUT2D eigenvalue weighted by molar-refractivity contribution is 7.91. The Morgan fingerprint density at radius 3 is 2.23 bits per heavy atom. The summed E-state index contributed by atoms with van der Waals surface area (Å²) in [5, 5.41) is 0. The van der Waals surface area contributed by atoms with Gasteiger partial charge in [-0.1, -0.05) is 6.07 Å². The van der Waals surface area contributed by atoms with Gasteiger partial charge >= 0.3 is 7.12 Å². The molecule has 0 aromatic heterocycles. The van der Waals surface area contributed by atoms with Gasteiger partial charge in [-0.05, 0) is 64.1 Å². The van der Waals surface area contributed by atoms with Crippen molar-refractivity contribution in [2.75, 3.05) is 19.0 Å². The maximum absolute atomic E-state index is 14.6. The average Bonchev–Trinajstić information content (AvgIpc) is 2.75. The fraction of sp³-hybridized carbons (Fsp3) is 0.667. The lowest BCUT2D eigenvalue weighted by molar-refractivity contribution is 0.00578. The lowest BCUT2D eigenvalue weighted by Gasteiger charge is -2.32. The molecule has 0 bridgehead atoms. The third-order valence-electron chi connectivity index (χ3n) is 5.61. The zero-order valence-corrected chi connectivity index (χ0v) is 16.6. The van der Waals surface area contributed by atoms with E-state index >= 15 is 0 Å². The minimum atomic E-state index is -3.69. The first-order valence-corrected chi connectivity index (χ1v) is 10.6. The molecule has 5 nitrogen and oxygen atoms in total. The van der Waals surface area contributed by atoms with Crippen LogP contribution in [0.25, 0.3) is 0 Å². The summed E-state index contributed by atoms with van der Waals surface area (Å²) in [7, 11) is -4.41. The van der Waals surface area contributed by atoms with Crippen molar-refractivity contribution in [1.82, 2.24) is 0 Å². The first-order chi connectivity index (χ1) is 12.0. The summed E-state index contributed by atoms with van der Waals surface area (Å²) in [6.45, 7) is 8.77. The van der Waals surface area contributed by atoms with Crippen LogP contribution in [0.3, 0.4) is 0 Å². The highest BCUT2D eigenvalue weighted by Crippen LogP contribution is 2.36. The molecule has 0 N–H and O–H groups in total. The van der Waals surface area contributed by atoms with E-state index < -0.39 is 34.0 Å². The molecule has 2 heterocycles. The van der Waals surface area contributed by atoms with Crippen LogP contribution in [0.2, 0.25) is 0 Å². The summed E-state index contributed by atoms with van der Waals surface area (Å²) in [6.07, 6.45) is 1.37.